The van der Waals surface area contributed by atoms with Crippen molar-refractivity contribution in [1.82, 2.24) is 14.8 Å². The van der Waals surface area contributed by atoms with Crippen molar-refractivity contribution in [2.24, 2.45) is 5.41 Å². The van der Waals surface area contributed by atoms with E-state index in [0.29, 0.717) is 23.4 Å². The average molecular weight is 468 g/mol. The van der Waals surface area contributed by atoms with Crippen LogP contribution in [0.5, 0.6) is 0 Å². The quantitative estimate of drug-likeness (QED) is 0.221. The van der Waals surface area contributed by atoms with Crippen LogP contribution in [-0.4, -0.2) is 28.0 Å². The van der Waals surface area contributed by atoms with Crippen LogP contribution in [0, 0.1) is 23.1 Å². The van der Waals surface area contributed by atoms with Gasteiger partial charge in [0, 0.05) is 18.6 Å². The maximum atomic E-state index is 13.8. The SMILES string of the molecule is CC#CCC(CCCCCc1c(Cl)ccc(F)c1Cl)(C(OC)C(C)(C)C)n1cncn1. The summed E-state index contributed by atoms with van der Waals surface area (Å²) < 4.78 is 21.7. The van der Waals surface area contributed by atoms with Crippen molar-refractivity contribution in [3.63, 3.8) is 0 Å². The Kier molecular flexibility index (Phi) is 9.36. The predicted octanol–water partition coefficient (Wildman–Crippen LogP) is 6.70. The van der Waals surface area contributed by atoms with Gasteiger partial charge in [0.2, 0.25) is 0 Å². The predicted molar refractivity (Wildman–Crippen MR) is 125 cm³/mol. The first kappa shape index (κ1) is 25.6. The molecular weight excluding hydrogens is 436 g/mol. The number of rotatable bonds is 10. The summed E-state index contributed by atoms with van der Waals surface area (Å²) in [5.41, 5.74) is 0.103. The molecule has 0 bridgehead atoms. The normalized spacial score (nSPS) is 14.6. The molecule has 0 fully saturated rings. The summed E-state index contributed by atoms with van der Waals surface area (Å²) in [5.74, 6) is 5.85. The Morgan fingerprint density at radius 3 is 2.52 bits per heavy atom. The van der Waals surface area contributed by atoms with Crippen LogP contribution in [0.1, 0.15) is 65.4 Å². The molecular formula is C24H32Cl2FN3O. The molecule has 0 aliphatic carbocycles. The Hall–Kier alpha value is -1.61. The lowest BCUT2D eigenvalue weighted by atomic mass is 9.72. The molecule has 170 valence electrons. The van der Waals surface area contributed by atoms with E-state index < -0.39 is 11.4 Å². The molecule has 1 aromatic carbocycles. The smallest absolute Gasteiger partial charge is 0.142 e. The molecule has 0 saturated heterocycles. The molecule has 0 N–H and O–H groups in total. The molecule has 7 heteroatoms. The zero-order valence-corrected chi connectivity index (χ0v) is 20.5. The number of nitrogens with zero attached hydrogens (tertiary/aromatic N) is 3. The highest BCUT2D eigenvalue weighted by Crippen LogP contribution is 2.41. The standard InChI is InChI=1S/C24H32Cl2FN3O/c1-6-7-14-24(30-17-28-16-29-30,22(31-5)23(2,3)4)15-10-8-9-11-18-19(25)12-13-20(27)21(18)26/h12-13,16-17,22H,8-11,14-15H2,1-5H3. The van der Waals surface area contributed by atoms with E-state index in [1.54, 1.807) is 25.8 Å². The minimum atomic E-state index is -0.444. The lowest BCUT2D eigenvalue weighted by Crippen LogP contribution is -2.52. The number of halogens is 3. The lowest BCUT2D eigenvalue weighted by Gasteiger charge is -2.45. The topological polar surface area (TPSA) is 39.9 Å². The van der Waals surface area contributed by atoms with Gasteiger partial charge in [0.15, 0.2) is 0 Å². The van der Waals surface area contributed by atoms with Gasteiger partial charge in [-0.15, -0.1) is 11.8 Å². The van der Waals surface area contributed by atoms with Crippen LogP contribution in [0.25, 0.3) is 0 Å². The number of hydrogen-bond acceptors (Lipinski definition) is 3. The number of ether oxygens (including phenoxy) is 1. The molecule has 2 atom stereocenters. The summed E-state index contributed by atoms with van der Waals surface area (Å²) >= 11 is 12.3. The highest BCUT2D eigenvalue weighted by atomic mass is 35.5. The lowest BCUT2D eigenvalue weighted by molar-refractivity contribution is -0.0798. The van der Waals surface area contributed by atoms with Gasteiger partial charge in [-0.3, -0.25) is 0 Å². The van der Waals surface area contributed by atoms with E-state index in [1.165, 1.54) is 6.07 Å². The number of methoxy groups -OCH3 is 1. The van der Waals surface area contributed by atoms with E-state index in [-0.39, 0.29) is 16.5 Å². The molecule has 1 aromatic heterocycles. The molecule has 0 saturated carbocycles. The zero-order valence-electron chi connectivity index (χ0n) is 19.0. The number of hydrogen-bond donors (Lipinski definition) is 0. The summed E-state index contributed by atoms with van der Waals surface area (Å²) in [5, 5.41) is 5.11. The minimum Gasteiger partial charge on any atom is -0.378 e. The third kappa shape index (κ3) is 6.22. The Bertz CT molecular complexity index is 900. The van der Waals surface area contributed by atoms with Crippen molar-refractivity contribution in [2.75, 3.05) is 7.11 Å². The maximum absolute atomic E-state index is 13.8. The second-order valence-electron chi connectivity index (χ2n) is 8.91. The Labute approximate surface area is 195 Å². The van der Waals surface area contributed by atoms with Crippen LogP contribution in [0.4, 0.5) is 4.39 Å². The fraction of sp³-hybridized carbons (Fsp3) is 0.583. The van der Waals surface area contributed by atoms with Crippen LogP contribution in [-0.2, 0) is 16.7 Å². The first-order valence-corrected chi connectivity index (χ1v) is 11.3. The van der Waals surface area contributed by atoms with E-state index in [9.17, 15) is 4.39 Å². The highest BCUT2D eigenvalue weighted by Gasteiger charge is 2.46. The molecule has 0 spiro atoms. The summed E-state index contributed by atoms with van der Waals surface area (Å²) in [4.78, 5) is 4.19. The van der Waals surface area contributed by atoms with E-state index >= 15 is 0 Å². The summed E-state index contributed by atoms with van der Waals surface area (Å²) in [6.07, 6.45) is 7.96. The van der Waals surface area contributed by atoms with Gasteiger partial charge in [-0.1, -0.05) is 56.8 Å². The van der Waals surface area contributed by atoms with Crippen LogP contribution in [0.15, 0.2) is 24.8 Å². The molecule has 0 aliphatic heterocycles. The maximum Gasteiger partial charge on any atom is 0.142 e. The van der Waals surface area contributed by atoms with Crippen LogP contribution < -0.4 is 0 Å². The molecule has 0 radical (unpaired) electrons. The first-order valence-electron chi connectivity index (χ1n) is 10.6. The minimum absolute atomic E-state index is 0.116. The van der Waals surface area contributed by atoms with Gasteiger partial charge in [0.1, 0.15) is 24.0 Å². The largest absolute Gasteiger partial charge is 0.378 e. The second kappa shape index (κ2) is 11.3. The van der Waals surface area contributed by atoms with Gasteiger partial charge in [-0.25, -0.2) is 14.1 Å². The molecule has 2 rings (SSSR count). The van der Waals surface area contributed by atoms with E-state index in [4.69, 9.17) is 27.9 Å². The third-order valence-electron chi connectivity index (χ3n) is 5.63. The van der Waals surface area contributed by atoms with Gasteiger partial charge in [-0.05, 0) is 49.3 Å². The van der Waals surface area contributed by atoms with E-state index in [0.717, 1.165) is 25.7 Å². The molecule has 4 nitrogen and oxygen atoms in total. The second-order valence-corrected chi connectivity index (χ2v) is 9.70. The van der Waals surface area contributed by atoms with Crippen molar-refractivity contribution < 1.29 is 9.13 Å². The van der Waals surface area contributed by atoms with Gasteiger partial charge >= 0.3 is 0 Å². The van der Waals surface area contributed by atoms with Crippen LogP contribution >= 0.6 is 23.2 Å². The molecule has 2 aromatic rings. The van der Waals surface area contributed by atoms with E-state index in [2.05, 4.69) is 42.7 Å². The number of aromatic nitrogens is 3. The third-order valence-corrected chi connectivity index (χ3v) is 6.39. The van der Waals surface area contributed by atoms with Crippen molar-refractivity contribution in [2.45, 2.75) is 77.9 Å². The summed E-state index contributed by atoms with van der Waals surface area (Å²) in [7, 11) is 1.74. The Morgan fingerprint density at radius 1 is 1.19 bits per heavy atom. The molecule has 0 aliphatic rings. The molecule has 31 heavy (non-hydrogen) atoms. The summed E-state index contributed by atoms with van der Waals surface area (Å²) in [6, 6.07) is 2.86. The van der Waals surface area contributed by atoms with Crippen molar-refractivity contribution in [3.8, 4) is 11.8 Å². The van der Waals surface area contributed by atoms with Crippen molar-refractivity contribution in [3.05, 3.63) is 46.2 Å². The van der Waals surface area contributed by atoms with Crippen LogP contribution in [0.3, 0.4) is 0 Å². The zero-order chi connectivity index (χ0) is 23.1. The van der Waals surface area contributed by atoms with Crippen molar-refractivity contribution in [1.29, 1.82) is 0 Å². The van der Waals surface area contributed by atoms with Gasteiger partial charge in [0.25, 0.3) is 0 Å². The summed E-state index contributed by atoms with van der Waals surface area (Å²) in [6.45, 7) is 8.35. The fourth-order valence-electron chi connectivity index (χ4n) is 4.39. The number of unbranched alkanes of at least 4 members (excludes halogenated alkanes) is 2. The molecule has 1 heterocycles. The van der Waals surface area contributed by atoms with Gasteiger partial charge < -0.3 is 4.74 Å². The monoisotopic (exact) mass is 467 g/mol. The molecule has 0 amide bonds. The fourth-order valence-corrected chi connectivity index (χ4v) is 4.95. The van der Waals surface area contributed by atoms with Crippen LogP contribution in [0.2, 0.25) is 10.0 Å². The first-order chi connectivity index (χ1) is 14.7. The Morgan fingerprint density at radius 2 is 1.94 bits per heavy atom. The van der Waals surface area contributed by atoms with Crippen molar-refractivity contribution >= 4 is 23.2 Å². The number of benzene rings is 1. The van der Waals surface area contributed by atoms with Gasteiger partial charge in [-0.2, -0.15) is 5.10 Å². The Balaban J connectivity index is 2.18. The molecule has 2 unspecified atom stereocenters. The average Bonchev–Trinajstić information content (AvgIpc) is 3.25. The van der Waals surface area contributed by atoms with E-state index in [1.807, 2.05) is 11.6 Å². The van der Waals surface area contributed by atoms with Gasteiger partial charge in [0.05, 0.1) is 11.1 Å². The highest BCUT2D eigenvalue weighted by molar-refractivity contribution is 6.36.